The fourth-order valence-corrected chi connectivity index (χ4v) is 1.58. The Balaban J connectivity index is 3.07. The molecule has 0 radical (unpaired) electrons. The molecule has 0 fully saturated rings. The second-order valence-electron chi connectivity index (χ2n) is 3.15. The quantitative estimate of drug-likeness (QED) is 0.711. The molecule has 0 aliphatic carbocycles. The molecule has 0 aliphatic heterocycles. The number of nitrogens with two attached hydrogens (primary N) is 1. The first-order valence-corrected chi connectivity index (χ1v) is 5.85. The van der Waals surface area contributed by atoms with Gasteiger partial charge in [-0.25, -0.2) is 8.42 Å². The van der Waals surface area contributed by atoms with E-state index in [1.54, 1.807) is 6.92 Å². The number of carbonyl (C=O) groups excluding carboxylic acids is 1. The van der Waals surface area contributed by atoms with Gasteiger partial charge in [0.05, 0.1) is 12.3 Å². The van der Waals surface area contributed by atoms with E-state index in [1.165, 1.54) is 18.5 Å². The molecule has 1 heterocycles. The van der Waals surface area contributed by atoms with Crippen molar-refractivity contribution in [2.45, 2.75) is 13.0 Å². The molecule has 0 bridgehead atoms. The molecule has 1 aromatic heterocycles. The Kier molecular flexibility index (Phi) is 2.77. The second kappa shape index (κ2) is 3.55. The summed E-state index contributed by atoms with van der Waals surface area (Å²) in [5.41, 5.74) is 5.69. The Hall–Kier alpha value is -1.14. The Morgan fingerprint density at radius 2 is 2.14 bits per heavy atom. The molecule has 1 rings (SSSR count). The fraction of sp³-hybridized carbons (Fsp3) is 0.375. The summed E-state index contributed by atoms with van der Waals surface area (Å²) in [5.74, 6) is -0.271. The summed E-state index contributed by atoms with van der Waals surface area (Å²) in [6.07, 6.45) is 3.65. The molecule has 14 heavy (non-hydrogen) atoms. The summed E-state index contributed by atoms with van der Waals surface area (Å²) in [6.45, 7) is 1.56. The maximum absolute atomic E-state index is 11.4. The van der Waals surface area contributed by atoms with E-state index in [4.69, 9.17) is 5.73 Å². The predicted octanol–water partition coefficient (Wildman–Crippen LogP) is -0.174. The topological polar surface area (TPSA) is 82.2 Å². The minimum absolute atomic E-state index is 0.271. The van der Waals surface area contributed by atoms with Gasteiger partial charge in [0, 0.05) is 18.0 Å². The number of carbonyl (C=O) groups is 1. The van der Waals surface area contributed by atoms with E-state index in [1.807, 2.05) is 0 Å². The molecule has 1 unspecified atom stereocenters. The molecular formula is C8H12N2O3S. The molecule has 0 amide bonds. The molecule has 1 aromatic rings. The number of hydrogen-bond acceptors (Lipinski definition) is 4. The van der Waals surface area contributed by atoms with E-state index < -0.39 is 16.1 Å². The number of rotatable bonds is 3. The van der Waals surface area contributed by atoms with Crippen LogP contribution in [0.1, 0.15) is 17.3 Å². The van der Waals surface area contributed by atoms with Crippen molar-refractivity contribution in [2.75, 3.05) is 6.26 Å². The van der Waals surface area contributed by atoms with Gasteiger partial charge in [0.15, 0.2) is 5.78 Å². The minimum Gasteiger partial charge on any atom is -0.321 e. The van der Waals surface area contributed by atoms with E-state index in [2.05, 4.69) is 0 Å². The van der Waals surface area contributed by atoms with Crippen molar-refractivity contribution in [3.8, 4) is 0 Å². The third kappa shape index (κ3) is 2.21. The van der Waals surface area contributed by atoms with Gasteiger partial charge in [-0.3, -0.25) is 8.77 Å². The van der Waals surface area contributed by atoms with Crippen LogP contribution in [0, 0.1) is 0 Å². The lowest BCUT2D eigenvalue weighted by molar-refractivity contribution is 0.0968. The number of aromatic nitrogens is 1. The van der Waals surface area contributed by atoms with Crippen molar-refractivity contribution in [1.29, 1.82) is 0 Å². The molecule has 0 saturated heterocycles. The van der Waals surface area contributed by atoms with Crippen molar-refractivity contribution in [3.05, 3.63) is 24.0 Å². The summed E-state index contributed by atoms with van der Waals surface area (Å²) in [5, 5.41) is 0. The highest BCUT2D eigenvalue weighted by Crippen LogP contribution is 2.06. The first-order chi connectivity index (χ1) is 6.32. The Morgan fingerprint density at radius 3 is 2.50 bits per heavy atom. The normalized spacial score (nSPS) is 13.9. The van der Waals surface area contributed by atoms with Gasteiger partial charge in [0.2, 0.25) is 10.0 Å². The van der Waals surface area contributed by atoms with E-state index in [0.717, 1.165) is 10.2 Å². The third-order valence-electron chi connectivity index (χ3n) is 1.75. The van der Waals surface area contributed by atoms with Crippen LogP contribution in [0.25, 0.3) is 0 Å². The molecule has 0 aliphatic rings. The molecule has 0 saturated carbocycles. The van der Waals surface area contributed by atoms with Gasteiger partial charge in [-0.05, 0) is 13.0 Å². The highest BCUT2D eigenvalue weighted by atomic mass is 32.2. The number of ketones is 1. The van der Waals surface area contributed by atoms with Gasteiger partial charge in [0.1, 0.15) is 0 Å². The number of Topliss-reactive ketones (excluding diaryl/α,β-unsaturated/α-hetero) is 1. The van der Waals surface area contributed by atoms with Crippen molar-refractivity contribution in [2.24, 2.45) is 5.73 Å². The zero-order valence-electron chi connectivity index (χ0n) is 7.97. The standard InChI is InChI=1S/C8H12N2O3S/c1-6(9)8(11)7-3-4-10(5-7)14(2,12)13/h3-6H,9H2,1-2H3. The predicted molar refractivity (Wildman–Crippen MR) is 52.7 cm³/mol. The highest BCUT2D eigenvalue weighted by molar-refractivity contribution is 7.89. The maximum atomic E-state index is 11.4. The molecule has 6 heteroatoms. The maximum Gasteiger partial charge on any atom is 0.235 e. The third-order valence-corrected chi connectivity index (χ3v) is 2.74. The summed E-state index contributed by atoms with van der Waals surface area (Å²) < 4.78 is 23.1. The highest BCUT2D eigenvalue weighted by Gasteiger charge is 2.14. The summed E-state index contributed by atoms with van der Waals surface area (Å²) in [4.78, 5) is 11.4. The molecule has 5 nitrogen and oxygen atoms in total. The van der Waals surface area contributed by atoms with Crippen molar-refractivity contribution in [3.63, 3.8) is 0 Å². The van der Waals surface area contributed by atoms with Crippen LogP contribution in [0.15, 0.2) is 18.5 Å². The fourth-order valence-electron chi connectivity index (χ4n) is 0.992. The van der Waals surface area contributed by atoms with Gasteiger partial charge in [-0.1, -0.05) is 0 Å². The lowest BCUT2D eigenvalue weighted by Crippen LogP contribution is -2.26. The van der Waals surface area contributed by atoms with Gasteiger partial charge in [-0.2, -0.15) is 0 Å². The SMILES string of the molecule is CC(N)C(=O)c1ccn(S(C)(=O)=O)c1. The molecule has 0 aromatic carbocycles. The van der Waals surface area contributed by atoms with E-state index >= 15 is 0 Å². The van der Waals surface area contributed by atoms with Crippen LogP contribution in [0.2, 0.25) is 0 Å². The number of hydrogen-bond donors (Lipinski definition) is 1. The van der Waals surface area contributed by atoms with Crippen LogP contribution in [-0.2, 0) is 10.0 Å². The summed E-state index contributed by atoms with van der Waals surface area (Å²) in [6, 6.07) is 0.817. The monoisotopic (exact) mass is 216 g/mol. The van der Waals surface area contributed by atoms with Crippen molar-refractivity contribution in [1.82, 2.24) is 3.97 Å². The lowest BCUT2D eigenvalue weighted by atomic mass is 10.1. The second-order valence-corrected chi connectivity index (χ2v) is 5.03. The van der Waals surface area contributed by atoms with E-state index in [0.29, 0.717) is 5.56 Å². The lowest BCUT2D eigenvalue weighted by Gasteiger charge is -2.00. The Labute approximate surface area is 82.6 Å². The van der Waals surface area contributed by atoms with Gasteiger partial charge < -0.3 is 5.73 Å². The van der Waals surface area contributed by atoms with Gasteiger partial charge >= 0.3 is 0 Å². The van der Waals surface area contributed by atoms with Crippen LogP contribution in [0.4, 0.5) is 0 Å². The van der Waals surface area contributed by atoms with Gasteiger partial charge in [-0.15, -0.1) is 0 Å². The van der Waals surface area contributed by atoms with Crippen LogP contribution in [0.3, 0.4) is 0 Å². The largest absolute Gasteiger partial charge is 0.321 e. The van der Waals surface area contributed by atoms with Gasteiger partial charge in [0.25, 0.3) is 0 Å². The number of nitrogens with zero attached hydrogens (tertiary/aromatic N) is 1. The van der Waals surface area contributed by atoms with Crippen LogP contribution >= 0.6 is 0 Å². The van der Waals surface area contributed by atoms with E-state index in [-0.39, 0.29) is 5.78 Å². The van der Waals surface area contributed by atoms with Crippen molar-refractivity contribution < 1.29 is 13.2 Å². The van der Waals surface area contributed by atoms with Crippen molar-refractivity contribution >= 4 is 15.8 Å². The van der Waals surface area contributed by atoms with Crippen LogP contribution in [0.5, 0.6) is 0 Å². The first kappa shape index (κ1) is 10.9. The molecule has 1 atom stereocenters. The summed E-state index contributed by atoms with van der Waals surface area (Å²) >= 11 is 0. The zero-order chi connectivity index (χ0) is 10.9. The average Bonchev–Trinajstić information content (AvgIpc) is 2.49. The minimum atomic E-state index is -3.32. The summed E-state index contributed by atoms with van der Waals surface area (Å²) in [7, 11) is -3.32. The Bertz CT molecular complexity index is 445. The smallest absolute Gasteiger partial charge is 0.235 e. The molecule has 78 valence electrons. The van der Waals surface area contributed by atoms with Crippen LogP contribution < -0.4 is 5.73 Å². The average molecular weight is 216 g/mol. The molecule has 0 spiro atoms. The Morgan fingerprint density at radius 1 is 1.57 bits per heavy atom. The molecule has 2 N–H and O–H groups in total. The molecular weight excluding hydrogens is 204 g/mol. The van der Waals surface area contributed by atoms with E-state index in [9.17, 15) is 13.2 Å². The first-order valence-electron chi connectivity index (χ1n) is 4.00. The zero-order valence-corrected chi connectivity index (χ0v) is 8.78. The van der Waals surface area contributed by atoms with Crippen LogP contribution in [-0.4, -0.2) is 30.5 Å².